The highest BCUT2D eigenvalue weighted by atomic mass is 35.5. The normalized spacial score (nSPS) is 35.2. The SMILES string of the molecule is CC1(COc2ccc(CC3=C(Cl)C=CC(C)([C@@H]4O[C@H](CO)[C@@H](O)[C@H](O)[C@H]4O)C3)cc2)CCCCC1. The molecule has 0 amide bonds. The molecule has 1 heterocycles. The van der Waals surface area contributed by atoms with Crippen LogP contribution in [-0.4, -0.2) is 64.2 Å². The highest BCUT2D eigenvalue weighted by molar-refractivity contribution is 6.31. The molecule has 35 heavy (non-hydrogen) atoms. The fraction of sp³-hybridized carbons (Fsp3) is 0.643. The van der Waals surface area contributed by atoms with Crippen LogP contribution < -0.4 is 4.74 Å². The van der Waals surface area contributed by atoms with Crippen molar-refractivity contribution in [3.8, 4) is 5.75 Å². The molecule has 1 unspecified atom stereocenters. The zero-order chi connectivity index (χ0) is 25.2. The highest BCUT2D eigenvalue weighted by Crippen LogP contribution is 2.44. The summed E-state index contributed by atoms with van der Waals surface area (Å²) < 4.78 is 12.0. The van der Waals surface area contributed by atoms with E-state index in [0.717, 1.165) is 23.5 Å². The Morgan fingerprint density at radius 2 is 1.69 bits per heavy atom. The lowest BCUT2D eigenvalue weighted by atomic mass is 9.70. The third-order valence-corrected chi connectivity index (χ3v) is 8.47. The first kappa shape index (κ1) is 26.6. The summed E-state index contributed by atoms with van der Waals surface area (Å²) in [6.07, 6.45) is 5.38. The molecule has 0 radical (unpaired) electrons. The number of aliphatic hydroxyl groups is 4. The van der Waals surface area contributed by atoms with Crippen LogP contribution in [-0.2, 0) is 11.2 Å². The molecule has 1 aromatic rings. The summed E-state index contributed by atoms with van der Waals surface area (Å²) in [5, 5.41) is 41.3. The third kappa shape index (κ3) is 5.95. The quantitative estimate of drug-likeness (QED) is 0.448. The van der Waals surface area contributed by atoms with Crippen molar-refractivity contribution < 1.29 is 29.9 Å². The van der Waals surface area contributed by atoms with Crippen LogP contribution in [0.3, 0.4) is 0 Å². The molecule has 6 atom stereocenters. The molecule has 1 aromatic carbocycles. The van der Waals surface area contributed by atoms with Crippen LogP contribution in [0.4, 0.5) is 0 Å². The summed E-state index contributed by atoms with van der Waals surface area (Å²) in [6.45, 7) is 4.55. The number of rotatable bonds is 7. The second kappa shape index (κ2) is 10.9. The van der Waals surface area contributed by atoms with Gasteiger partial charge in [0.1, 0.15) is 30.2 Å². The van der Waals surface area contributed by atoms with E-state index >= 15 is 0 Å². The molecule has 4 N–H and O–H groups in total. The molecule has 0 aromatic heterocycles. The van der Waals surface area contributed by atoms with Crippen molar-refractivity contribution in [1.29, 1.82) is 0 Å². The summed E-state index contributed by atoms with van der Waals surface area (Å²) in [7, 11) is 0. The largest absolute Gasteiger partial charge is 0.493 e. The van der Waals surface area contributed by atoms with Crippen molar-refractivity contribution in [2.75, 3.05) is 13.2 Å². The van der Waals surface area contributed by atoms with Gasteiger partial charge in [0.2, 0.25) is 0 Å². The number of halogens is 1. The molecule has 0 bridgehead atoms. The number of hydrogen-bond donors (Lipinski definition) is 4. The predicted molar refractivity (Wildman–Crippen MR) is 135 cm³/mol. The van der Waals surface area contributed by atoms with Gasteiger partial charge < -0.3 is 29.9 Å². The lowest BCUT2D eigenvalue weighted by Crippen LogP contribution is -2.62. The molecule has 0 spiro atoms. The van der Waals surface area contributed by atoms with Crippen molar-refractivity contribution in [2.24, 2.45) is 10.8 Å². The Morgan fingerprint density at radius 3 is 2.34 bits per heavy atom. The van der Waals surface area contributed by atoms with Gasteiger partial charge in [0.15, 0.2) is 0 Å². The average Bonchev–Trinajstić information content (AvgIpc) is 2.85. The van der Waals surface area contributed by atoms with E-state index in [1.807, 2.05) is 31.2 Å². The minimum atomic E-state index is -1.40. The van der Waals surface area contributed by atoms with Gasteiger partial charge >= 0.3 is 0 Å². The molecule has 3 aliphatic rings. The molecular formula is C28H39ClO6. The Hall–Kier alpha value is -1.41. The van der Waals surface area contributed by atoms with E-state index in [1.165, 1.54) is 32.1 Å². The minimum Gasteiger partial charge on any atom is -0.493 e. The number of ether oxygens (including phenoxy) is 2. The van der Waals surface area contributed by atoms with Crippen LogP contribution in [0.25, 0.3) is 0 Å². The molecular weight excluding hydrogens is 468 g/mol. The lowest BCUT2D eigenvalue weighted by Gasteiger charge is -2.48. The first-order valence-corrected chi connectivity index (χ1v) is 13.1. The van der Waals surface area contributed by atoms with Crippen LogP contribution in [0.2, 0.25) is 0 Å². The molecule has 6 nitrogen and oxygen atoms in total. The maximum absolute atomic E-state index is 10.7. The van der Waals surface area contributed by atoms with E-state index < -0.39 is 42.5 Å². The van der Waals surface area contributed by atoms with E-state index in [4.69, 9.17) is 21.1 Å². The van der Waals surface area contributed by atoms with Crippen LogP contribution in [0, 0.1) is 10.8 Å². The smallest absolute Gasteiger partial charge is 0.119 e. The van der Waals surface area contributed by atoms with E-state index in [0.29, 0.717) is 17.9 Å². The van der Waals surface area contributed by atoms with Crippen molar-refractivity contribution in [1.82, 2.24) is 0 Å². The Labute approximate surface area is 213 Å². The first-order valence-electron chi connectivity index (χ1n) is 12.7. The van der Waals surface area contributed by atoms with Gasteiger partial charge in [-0.05, 0) is 55.0 Å². The van der Waals surface area contributed by atoms with Crippen molar-refractivity contribution in [3.63, 3.8) is 0 Å². The van der Waals surface area contributed by atoms with E-state index in [-0.39, 0.29) is 5.41 Å². The van der Waals surface area contributed by atoms with E-state index in [2.05, 4.69) is 19.1 Å². The summed E-state index contributed by atoms with van der Waals surface area (Å²) in [5.74, 6) is 0.871. The minimum absolute atomic E-state index is 0.262. The average molecular weight is 507 g/mol. The summed E-state index contributed by atoms with van der Waals surface area (Å²) in [5.41, 5.74) is 1.69. The number of allylic oxidation sites excluding steroid dienone is 3. The van der Waals surface area contributed by atoms with Gasteiger partial charge in [-0.2, -0.15) is 0 Å². The van der Waals surface area contributed by atoms with Crippen molar-refractivity contribution in [2.45, 2.75) is 89.3 Å². The van der Waals surface area contributed by atoms with Gasteiger partial charge in [0.05, 0.1) is 19.3 Å². The van der Waals surface area contributed by atoms with Crippen molar-refractivity contribution >= 4 is 11.6 Å². The monoisotopic (exact) mass is 506 g/mol. The van der Waals surface area contributed by atoms with Gasteiger partial charge in [0.25, 0.3) is 0 Å². The van der Waals surface area contributed by atoms with E-state index in [1.54, 1.807) is 0 Å². The first-order chi connectivity index (χ1) is 16.6. The Kier molecular flexibility index (Phi) is 8.31. The van der Waals surface area contributed by atoms with Crippen LogP contribution in [0.5, 0.6) is 5.75 Å². The molecule has 2 fully saturated rings. The van der Waals surface area contributed by atoms with Gasteiger partial charge in [-0.3, -0.25) is 0 Å². The zero-order valence-corrected chi connectivity index (χ0v) is 21.5. The molecule has 2 aliphatic carbocycles. The zero-order valence-electron chi connectivity index (χ0n) is 20.7. The van der Waals surface area contributed by atoms with Gasteiger partial charge in [-0.15, -0.1) is 0 Å². The van der Waals surface area contributed by atoms with Crippen LogP contribution in [0.1, 0.15) is 57.9 Å². The second-order valence-electron chi connectivity index (χ2n) is 11.2. The van der Waals surface area contributed by atoms with Crippen LogP contribution in [0.15, 0.2) is 47.0 Å². The molecule has 1 saturated heterocycles. The maximum Gasteiger partial charge on any atom is 0.119 e. The number of aliphatic hydroxyl groups excluding tert-OH is 4. The Balaban J connectivity index is 1.41. The molecule has 1 saturated carbocycles. The fourth-order valence-electron chi connectivity index (χ4n) is 5.73. The van der Waals surface area contributed by atoms with Crippen LogP contribution >= 0.6 is 11.6 Å². The molecule has 7 heteroatoms. The van der Waals surface area contributed by atoms with Gasteiger partial charge in [0, 0.05) is 15.9 Å². The summed E-state index contributed by atoms with van der Waals surface area (Å²) in [4.78, 5) is 0. The lowest BCUT2D eigenvalue weighted by molar-refractivity contribution is -0.249. The Morgan fingerprint density at radius 1 is 1.00 bits per heavy atom. The number of benzene rings is 1. The fourth-order valence-corrected chi connectivity index (χ4v) is 5.93. The third-order valence-electron chi connectivity index (χ3n) is 8.07. The topological polar surface area (TPSA) is 99.4 Å². The van der Waals surface area contributed by atoms with Gasteiger partial charge in [-0.25, -0.2) is 0 Å². The second-order valence-corrected chi connectivity index (χ2v) is 11.6. The van der Waals surface area contributed by atoms with Crippen molar-refractivity contribution in [3.05, 3.63) is 52.6 Å². The molecule has 194 valence electrons. The predicted octanol–water partition coefficient (Wildman–Crippen LogP) is 3.88. The summed E-state index contributed by atoms with van der Waals surface area (Å²) in [6, 6.07) is 8.12. The van der Waals surface area contributed by atoms with E-state index in [9.17, 15) is 20.4 Å². The Bertz CT molecular complexity index is 920. The molecule has 4 rings (SSSR count). The number of hydrogen-bond acceptors (Lipinski definition) is 6. The standard InChI is InChI=1S/C28H39ClO6/c1-27(11-4-3-5-12-27)17-34-20-8-6-18(7-9-20)14-19-15-28(2,13-10-21(19)29)26-25(33)24(32)23(31)22(16-30)35-26/h6-10,13,22-26,30-33H,3-5,11-12,14-17H2,1-2H3/t22-,23-,24+,25-,26-,28?/m1/s1. The highest BCUT2D eigenvalue weighted by Gasteiger charge is 2.50. The van der Waals surface area contributed by atoms with Gasteiger partial charge in [-0.1, -0.05) is 62.9 Å². The summed E-state index contributed by atoms with van der Waals surface area (Å²) >= 11 is 6.56. The maximum atomic E-state index is 10.7. The molecule has 1 aliphatic heterocycles.